The molecule has 1 amide bonds. The second-order valence-electron chi connectivity index (χ2n) is 12.8. The molecule has 0 aromatic heterocycles. The Balaban J connectivity index is 1.11. The number of β-lactam (4-membered cyclic amide) rings is 1. The normalized spacial score (nSPS) is 20.2. The van der Waals surface area contributed by atoms with Crippen LogP contribution in [0.25, 0.3) is 0 Å². The van der Waals surface area contributed by atoms with Gasteiger partial charge in [0, 0.05) is 4.75 Å². The molecular formula is C41H38ClN3O2S. The fraction of sp³-hybridized carbons (Fsp3) is 0.220. The first kappa shape index (κ1) is 32.2. The molecule has 5 aromatic carbocycles. The van der Waals surface area contributed by atoms with Gasteiger partial charge in [-0.05, 0) is 53.8 Å². The molecule has 3 atom stereocenters. The van der Waals surface area contributed by atoms with Crippen molar-refractivity contribution in [3.8, 4) is 5.75 Å². The van der Waals surface area contributed by atoms with Crippen LogP contribution in [-0.2, 0) is 23.5 Å². The minimum atomic E-state index is -0.742. The Morgan fingerprint density at radius 2 is 1.27 bits per heavy atom. The van der Waals surface area contributed by atoms with Crippen LogP contribution < -0.4 is 10.1 Å². The van der Waals surface area contributed by atoms with Crippen LogP contribution in [0.2, 0.25) is 0 Å². The number of benzene rings is 5. The second-order valence-corrected chi connectivity index (χ2v) is 14.9. The van der Waals surface area contributed by atoms with Crippen LogP contribution >= 0.6 is 23.4 Å². The Morgan fingerprint density at radius 1 is 0.771 bits per heavy atom. The van der Waals surface area contributed by atoms with Crippen LogP contribution in [0.3, 0.4) is 0 Å². The van der Waals surface area contributed by atoms with Gasteiger partial charge in [-0.25, -0.2) is 0 Å². The topological polar surface area (TPSA) is 53.9 Å². The van der Waals surface area contributed by atoms with Crippen molar-refractivity contribution in [2.45, 2.75) is 54.7 Å². The Hall–Kier alpha value is -4.36. The molecule has 7 rings (SSSR count). The zero-order valence-electron chi connectivity index (χ0n) is 27.0. The van der Waals surface area contributed by atoms with E-state index in [0.29, 0.717) is 18.3 Å². The average Bonchev–Trinajstić information content (AvgIpc) is 3.39. The summed E-state index contributed by atoms with van der Waals surface area (Å²) in [5.74, 6) is 0.833. The summed E-state index contributed by atoms with van der Waals surface area (Å²) < 4.78 is 5.61. The summed E-state index contributed by atoms with van der Waals surface area (Å²) in [5, 5.41) is 4.26. The van der Waals surface area contributed by atoms with Gasteiger partial charge >= 0.3 is 0 Å². The van der Waals surface area contributed by atoms with Gasteiger partial charge in [0.05, 0.1) is 18.1 Å². The van der Waals surface area contributed by atoms with Crippen molar-refractivity contribution in [3.63, 3.8) is 0 Å². The predicted molar refractivity (Wildman–Crippen MR) is 196 cm³/mol. The Bertz CT molecular complexity index is 1770. The fourth-order valence-electron chi connectivity index (χ4n) is 6.86. The Labute approximate surface area is 292 Å². The number of carbonyl (C=O) groups excluding carboxylic acids is 1. The fourth-order valence-corrected chi connectivity index (χ4v) is 9.00. The Morgan fingerprint density at radius 3 is 1.79 bits per heavy atom. The van der Waals surface area contributed by atoms with Crippen LogP contribution in [0.15, 0.2) is 151 Å². The molecule has 2 heterocycles. The molecule has 5 nitrogen and oxygen atoms in total. The minimum Gasteiger partial charge on any atom is -0.489 e. The maximum atomic E-state index is 14.2. The van der Waals surface area contributed by atoms with E-state index in [9.17, 15) is 4.79 Å². The molecule has 0 spiro atoms. The number of ether oxygens (including phenoxy) is 1. The number of aliphatic imine (C=N–C) groups is 1. The third kappa shape index (κ3) is 6.16. The van der Waals surface area contributed by atoms with Gasteiger partial charge in [-0.15, -0.1) is 11.8 Å². The molecule has 2 aliphatic heterocycles. The van der Waals surface area contributed by atoms with E-state index >= 15 is 0 Å². The van der Waals surface area contributed by atoms with Gasteiger partial charge in [0.2, 0.25) is 5.91 Å². The lowest BCUT2D eigenvalue weighted by molar-refractivity contribution is -0.147. The predicted octanol–water partition coefficient (Wildman–Crippen LogP) is 8.42. The van der Waals surface area contributed by atoms with Crippen molar-refractivity contribution < 1.29 is 9.53 Å². The third-order valence-corrected chi connectivity index (χ3v) is 11.1. The van der Waals surface area contributed by atoms with Gasteiger partial charge in [0.15, 0.2) is 0 Å². The molecule has 0 radical (unpaired) electrons. The highest BCUT2D eigenvalue weighted by molar-refractivity contribution is 8.01. The number of nitrogens with one attached hydrogen (secondary N) is 1. The SMILES string of the molecule is CC1(C)SC2C(NC(c3ccccc3)(c3ccccc3)c3ccccc3)C(=O)N2C1C(Cl)=NCc1ccc(OCc2ccccc2)cc1. The number of fused-ring (bicyclic) bond motifs is 1. The van der Waals surface area contributed by atoms with Crippen LogP contribution in [0.5, 0.6) is 5.75 Å². The van der Waals surface area contributed by atoms with E-state index in [1.54, 1.807) is 11.8 Å². The number of thioether (sulfide) groups is 1. The van der Waals surface area contributed by atoms with Gasteiger partial charge in [-0.3, -0.25) is 15.1 Å². The first-order chi connectivity index (χ1) is 23.4. The van der Waals surface area contributed by atoms with Crippen molar-refractivity contribution in [2.75, 3.05) is 0 Å². The number of nitrogens with zero attached hydrogens (tertiary/aromatic N) is 2. The molecule has 0 aliphatic carbocycles. The lowest BCUT2D eigenvalue weighted by atomic mass is 9.76. The molecule has 1 N–H and O–H groups in total. The smallest absolute Gasteiger partial charge is 0.244 e. The highest BCUT2D eigenvalue weighted by atomic mass is 35.5. The van der Waals surface area contributed by atoms with E-state index < -0.39 is 11.6 Å². The molecule has 2 fully saturated rings. The summed E-state index contributed by atoms with van der Waals surface area (Å²) in [6.07, 6.45) is 0. The molecule has 242 valence electrons. The molecule has 7 heteroatoms. The first-order valence-electron chi connectivity index (χ1n) is 16.3. The van der Waals surface area contributed by atoms with Crippen LogP contribution in [0.4, 0.5) is 0 Å². The summed E-state index contributed by atoms with van der Waals surface area (Å²) in [4.78, 5) is 21.0. The van der Waals surface area contributed by atoms with Crippen molar-refractivity contribution in [2.24, 2.45) is 4.99 Å². The Kier molecular flexibility index (Phi) is 9.15. The molecule has 2 aliphatic rings. The maximum Gasteiger partial charge on any atom is 0.244 e. The van der Waals surface area contributed by atoms with Gasteiger partial charge in [0.25, 0.3) is 0 Å². The number of hydrogen-bond donors (Lipinski definition) is 1. The molecular weight excluding hydrogens is 634 g/mol. The number of amides is 1. The minimum absolute atomic E-state index is 0.0310. The largest absolute Gasteiger partial charge is 0.489 e. The van der Waals surface area contributed by atoms with E-state index in [2.05, 4.69) is 92.0 Å². The van der Waals surface area contributed by atoms with E-state index in [1.165, 1.54) is 0 Å². The molecule has 0 saturated carbocycles. The quantitative estimate of drug-likeness (QED) is 0.0871. The van der Waals surface area contributed by atoms with Crippen molar-refractivity contribution in [1.82, 2.24) is 10.2 Å². The van der Waals surface area contributed by atoms with E-state index in [1.807, 2.05) is 77.7 Å². The first-order valence-corrected chi connectivity index (χ1v) is 17.5. The zero-order valence-corrected chi connectivity index (χ0v) is 28.6. The number of rotatable bonds is 11. The highest BCUT2D eigenvalue weighted by Gasteiger charge is 2.64. The van der Waals surface area contributed by atoms with E-state index in [0.717, 1.165) is 33.6 Å². The van der Waals surface area contributed by atoms with Gasteiger partial charge in [-0.2, -0.15) is 0 Å². The zero-order chi connectivity index (χ0) is 33.1. The van der Waals surface area contributed by atoms with E-state index in [4.69, 9.17) is 21.3 Å². The van der Waals surface area contributed by atoms with Gasteiger partial charge in [0.1, 0.15) is 28.9 Å². The monoisotopic (exact) mass is 671 g/mol. The molecule has 3 unspecified atom stereocenters. The summed E-state index contributed by atoms with van der Waals surface area (Å²) >= 11 is 8.78. The third-order valence-electron chi connectivity index (χ3n) is 9.24. The lowest BCUT2D eigenvalue weighted by Gasteiger charge is -2.49. The second kappa shape index (κ2) is 13.6. The maximum absolute atomic E-state index is 14.2. The average molecular weight is 672 g/mol. The summed E-state index contributed by atoms with van der Waals surface area (Å²) in [6.45, 7) is 5.24. The van der Waals surface area contributed by atoms with Crippen LogP contribution in [-0.4, -0.2) is 38.2 Å². The molecule has 5 aromatic rings. The lowest BCUT2D eigenvalue weighted by Crippen LogP contribution is -2.72. The molecule has 0 bridgehead atoms. The molecule has 48 heavy (non-hydrogen) atoms. The number of hydrogen-bond acceptors (Lipinski definition) is 5. The molecule has 2 saturated heterocycles. The number of halogens is 1. The van der Waals surface area contributed by atoms with Crippen LogP contribution in [0, 0.1) is 0 Å². The van der Waals surface area contributed by atoms with Crippen molar-refractivity contribution in [1.29, 1.82) is 0 Å². The number of carbonyl (C=O) groups is 1. The van der Waals surface area contributed by atoms with Gasteiger partial charge < -0.3 is 9.64 Å². The van der Waals surface area contributed by atoms with Gasteiger partial charge in [-0.1, -0.05) is 145 Å². The van der Waals surface area contributed by atoms with Crippen molar-refractivity contribution >= 4 is 34.4 Å². The summed E-state index contributed by atoms with van der Waals surface area (Å²) in [6, 6.07) is 48.5. The van der Waals surface area contributed by atoms with E-state index in [-0.39, 0.29) is 22.1 Å². The summed E-state index contributed by atoms with van der Waals surface area (Å²) in [5.41, 5.74) is 4.62. The van der Waals surface area contributed by atoms with Crippen LogP contribution in [0.1, 0.15) is 41.7 Å². The standard InChI is InChI=1S/C41H38ClN3O2S/c1-40(2)36(37(42)43-27-29-23-25-34(26-24-29)47-28-30-15-7-3-8-16-30)45-38(46)35(39(45)48-40)44-41(31-17-9-4-10-18-31,32-19-11-5-12-20-32)33-21-13-6-14-22-33/h3-26,35-36,39,44H,27-28H2,1-2H3. The highest BCUT2D eigenvalue weighted by Crippen LogP contribution is 2.53. The summed E-state index contributed by atoms with van der Waals surface area (Å²) in [7, 11) is 0. The van der Waals surface area contributed by atoms with Crippen molar-refractivity contribution in [3.05, 3.63) is 173 Å².